The molecule has 0 saturated carbocycles. The van der Waals surface area contributed by atoms with Gasteiger partial charge >= 0.3 is 5.69 Å². The van der Waals surface area contributed by atoms with Gasteiger partial charge in [0.25, 0.3) is 0 Å². The van der Waals surface area contributed by atoms with E-state index >= 15 is 0 Å². The largest absolute Gasteiger partial charge is 0.393 e. The summed E-state index contributed by atoms with van der Waals surface area (Å²) in [4.78, 5) is 12.3. The van der Waals surface area contributed by atoms with Gasteiger partial charge in [-0.1, -0.05) is 24.3 Å². The van der Waals surface area contributed by atoms with Crippen molar-refractivity contribution in [2.45, 2.75) is 13.0 Å². The van der Waals surface area contributed by atoms with Crippen LogP contribution in [0.1, 0.15) is 18.5 Å². The topological polar surface area (TPSA) is 72.4 Å². The van der Waals surface area contributed by atoms with Crippen molar-refractivity contribution in [1.29, 1.82) is 0 Å². The number of benzene rings is 2. The van der Waals surface area contributed by atoms with Crippen LogP contribution in [0.4, 0.5) is 21.5 Å². The van der Waals surface area contributed by atoms with Crippen molar-refractivity contribution in [3.63, 3.8) is 0 Å². The maximum absolute atomic E-state index is 13.9. The highest BCUT2D eigenvalue weighted by atomic mass is 19.1. The first-order valence-electron chi connectivity index (χ1n) is 6.43. The number of hydrogen-bond acceptors (Lipinski definition) is 4. The van der Waals surface area contributed by atoms with Crippen LogP contribution in [0.25, 0.3) is 0 Å². The van der Waals surface area contributed by atoms with Gasteiger partial charge in [0.1, 0.15) is 17.2 Å². The maximum atomic E-state index is 13.9. The van der Waals surface area contributed by atoms with Crippen molar-refractivity contribution in [2.24, 2.45) is 0 Å². The third-order valence-corrected chi connectivity index (χ3v) is 3.54. The van der Waals surface area contributed by atoms with E-state index < -0.39 is 4.92 Å². The Kier molecular flexibility index (Phi) is 4.07. The minimum absolute atomic E-state index is 0.0880. The minimum atomic E-state index is -0.519. The average Bonchev–Trinajstić information content (AvgIpc) is 2.45. The van der Waals surface area contributed by atoms with E-state index in [1.54, 1.807) is 49.2 Å². The van der Waals surface area contributed by atoms with Crippen molar-refractivity contribution in [2.75, 3.05) is 17.7 Å². The number of para-hydroxylation sites is 1. The molecule has 0 aliphatic heterocycles. The fraction of sp³-hybridized carbons (Fsp3) is 0.200. The standard InChI is InChI=1S/C15H16FN3O2/c1-10(11-6-3-4-7-12(11)16)18(2)14-9-5-8-13(17)15(14)19(20)21/h3-10H,17H2,1-2H3. The van der Waals surface area contributed by atoms with Gasteiger partial charge in [-0.05, 0) is 25.1 Å². The number of anilines is 2. The summed E-state index contributed by atoms with van der Waals surface area (Å²) in [5, 5.41) is 11.2. The van der Waals surface area contributed by atoms with Crippen molar-refractivity contribution >= 4 is 17.1 Å². The van der Waals surface area contributed by atoms with Gasteiger partial charge in [0.15, 0.2) is 0 Å². The van der Waals surface area contributed by atoms with Crippen LogP contribution in [0, 0.1) is 15.9 Å². The number of halogens is 1. The highest BCUT2D eigenvalue weighted by Crippen LogP contribution is 2.37. The highest BCUT2D eigenvalue weighted by Gasteiger charge is 2.24. The second-order valence-corrected chi connectivity index (χ2v) is 4.78. The molecule has 0 aliphatic rings. The molecule has 0 radical (unpaired) electrons. The Morgan fingerprint density at radius 3 is 2.52 bits per heavy atom. The predicted molar refractivity (Wildman–Crippen MR) is 80.7 cm³/mol. The summed E-state index contributed by atoms with van der Waals surface area (Å²) in [6.45, 7) is 1.78. The van der Waals surface area contributed by atoms with E-state index in [0.29, 0.717) is 11.3 Å². The molecule has 2 aromatic carbocycles. The summed E-state index contributed by atoms with van der Waals surface area (Å²) in [5.41, 5.74) is 6.44. The fourth-order valence-electron chi connectivity index (χ4n) is 2.26. The Labute approximate surface area is 122 Å². The molecule has 0 saturated heterocycles. The third-order valence-electron chi connectivity index (χ3n) is 3.54. The quantitative estimate of drug-likeness (QED) is 0.531. The van der Waals surface area contributed by atoms with Gasteiger partial charge in [-0.25, -0.2) is 4.39 Å². The molecule has 1 unspecified atom stereocenters. The van der Waals surface area contributed by atoms with E-state index in [-0.39, 0.29) is 23.2 Å². The summed E-state index contributed by atoms with van der Waals surface area (Å²) in [6, 6.07) is 10.7. The lowest BCUT2D eigenvalue weighted by molar-refractivity contribution is -0.383. The van der Waals surface area contributed by atoms with Gasteiger partial charge in [0.2, 0.25) is 0 Å². The predicted octanol–water partition coefficient (Wildman–Crippen LogP) is 3.51. The smallest absolute Gasteiger partial charge is 0.315 e. The molecule has 0 heterocycles. The first kappa shape index (κ1) is 14.8. The Hall–Kier alpha value is -2.63. The van der Waals surface area contributed by atoms with Gasteiger partial charge in [-0.15, -0.1) is 0 Å². The van der Waals surface area contributed by atoms with Crippen LogP contribution >= 0.6 is 0 Å². The third kappa shape index (κ3) is 2.79. The molecule has 21 heavy (non-hydrogen) atoms. The number of nitro benzene ring substituents is 1. The number of nitro groups is 1. The molecular weight excluding hydrogens is 273 g/mol. The molecule has 5 nitrogen and oxygen atoms in total. The van der Waals surface area contributed by atoms with Crippen LogP contribution in [0.2, 0.25) is 0 Å². The van der Waals surface area contributed by atoms with Gasteiger partial charge in [-0.2, -0.15) is 0 Å². The number of nitrogens with two attached hydrogens (primary N) is 1. The van der Waals surface area contributed by atoms with Crippen molar-refractivity contribution in [3.8, 4) is 0 Å². The lowest BCUT2D eigenvalue weighted by Crippen LogP contribution is -2.23. The summed E-state index contributed by atoms with van der Waals surface area (Å²) < 4.78 is 13.9. The molecule has 1 atom stereocenters. The van der Waals surface area contributed by atoms with E-state index in [4.69, 9.17) is 5.73 Å². The maximum Gasteiger partial charge on any atom is 0.315 e. The molecule has 6 heteroatoms. The first-order valence-corrected chi connectivity index (χ1v) is 6.43. The number of nitrogens with zero attached hydrogens (tertiary/aromatic N) is 2. The summed E-state index contributed by atoms with van der Waals surface area (Å²) in [5.74, 6) is -0.344. The van der Waals surface area contributed by atoms with E-state index in [1.807, 2.05) is 0 Å². The molecule has 0 aliphatic carbocycles. The van der Waals surface area contributed by atoms with Crippen LogP contribution in [-0.4, -0.2) is 12.0 Å². The van der Waals surface area contributed by atoms with Gasteiger partial charge in [0.05, 0.1) is 11.0 Å². The van der Waals surface area contributed by atoms with E-state index in [0.717, 1.165) is 0 Å². The molecule has 0 fully saturated rings. The molecule has 2 aromatic rings. The summed E-state index contributed by atoms with van der Waals surface area (Å²) >= 11 is 0. The van der Waals surface area contributed by atoms with E-state index in [9.17, 15) is 14.5 Å². The van der Waals surface area contributed by atoms with Gasteiger partial charge < -0.3 is 10.6 Å². The van der Waals surface area contributed by atoms with Gasteiger partial charge in [-0.3, -0.25) is 10.1 Å². The number of hydrogen-bond donors (Lipinski definition) is 1. The SMILES string of the molecule is CC(c1ccccc1F)N(C)c1cccc(N)c1[N+](=O)[O-]. The monoisotopic (exact) mass is 289 g/mol. The lowest BCUT2D eigenvalue weighted by Gasteiger charge is -2.27. The van der Waals surface area contributed by atoms with E-state index in [2.05, 4.69) is 0 Å². The second-order valence-electron chi connectivity index (χ2n) is 4.78. The molecule has 0 amide bonds. The Bertz CT molecular complexity index is 676. The average molecular weight is 289 g/mol. The zero-order valence-corrected chi connectivity index (χ0v) is 11.8. The first-order chi connectivity index (χ1) is 9.93. The fourth-order valence-corrected chi connectivity index (χ4v) is 2.26. The Morgan fingerprint density at radius 2 is 1.90 bits per heavy atom. The lowest BCUT2D eigenvalue weighted by atomic mass is 10.1. The second kappa shape index (κ2) is 5.78. The highest BCUT2D eigenvalue weighted by molar-refractivity contribution is 5.75. The molecule has 0 bridgehead atoms. The Morgan fingerprint density at radius 1 is 1.24 bits per heavy atom. The minimum Gasteiger partial charge on any atom is -0.393 e. The molecule has 110 valence electrons. The van der Waals surface area contributed by atoms with Gasteiger partial charge in [0, 0.05) is 12.6 Å². The summed E-state index contributed by atoms with van der Waals surface area (Å²) in [6.07, 6.45) is 0. The molecular formula is C15H16FN3O2. The number of nitrogen functional groups attached to an aromatic ring is 1. The molecule has 0 spiro atoms. The normalized spacial score (nSPS) is 12.0. The molecule has 0 aromatic heterocycles. The van der Waals surface area contributed by atoms with Crippen molar-refractivity contribution in [1.82, 2.24) is 0 Å². The Balaban J connectivity index is 2.46. The van der Waals surface area contributed by atoms with Crippen LogP contribution < -0.4 is 10.6 Å². The zero-order chi connectivity index (χ0) is 15.6. The van der Waals surface area contributed by atoms with E-state index in [1.165, 1.54) is 12.1 Å². The molecule has 2 rings (SSSR count). The summed E-state index contributed by atoms with van der Waals surface area (Å²) in [7, 11) is 1.68. The van der Waals surface area contributed by atoms with Crippen LogP contribution in [-0.2, 0) is 0 Å². The van der Waals surface area contributed by atoms with Crippen LogP contribution in [0.3, 0.4) is 0 Å². The van der Waals surface area contributed by atoms with Crippen molar-refractivity contribution < 1.29 is 9.31 Å². The zero-order valence-electron chi connectivity index (χ0n) is 11.8. The van der Waals surface area contributed by atoms with Crippen molar-refractivity contribution in [3.05, 3.63) is 64.0 Å². The van der Waals surface area contributed by atoms with Crippen LogP contribution in [0.5, 0.6) is 0 Å². The number of rotatable bonds is 4. The van der Waals surface area contributed by atoms with Crippen LogP contribution in [0.15, 0.2) is 42.5 Å². The molecule has 2 N–H and O–H groups in total.